The number of benzene rings is 1. The number of anilines is 1. The highest BCUT2D eigenvalue weighted by Crippen LogP contribution is 2.36. The van der Waals surface area contributed by atoms with Crippen LogP contribution in [-0.2, 0) is 15.7 Å². The summed E-state index contributed by atoms with van der Waals surface area (Å²) >= 11 is 0. The summed E-state index contributed by atoms with van der Waals surface area (Å²) in [6, 6.07) is 7.95. The molecule has 0 aliphatic carbocycles. The highest BCUT2D eigenvalue weighted by atomic mass is 19.4. The van der Waals surface area contributed by atoms with Crippen molar-refractivity contribution in [3.8, 4) is 5.69 Å². The molecular formula is C16H16F3N3O2. The van der Waals surface area contributed by atoms with Gasteiger partial charge in [0.2, 0.25) is 0 Å². The van der Waals surface area contributed by atoms with Crippen LogP contribution < -0.4 is 5.32 Å². The average Bonchev–Trinajstić information content (AvgIpc) is 3.14. The van der Waals surface area contributed by atoms with Gasteiger partial charge < -0.3 is 10.1 Å². The lowest BCUT2D eigenvalue weighted by atomic mass is 10.0. The van der Waals surface area contributed by atoms with E-state index in [1.54, 1.807) is 18.2 Å². The molecule has 1 saturated heterocycles. The van der Waals surface area contributed by atoms with E-state index in [1.807, 2.05) is 6.92 Å². The van der Waals surface area contributed by atoms with E-state index in [4.69, 9.17) is 4.74 Å². The Balaban J connectivity index is 1.94. The zero-order valence-electron chi connectivity index (χ0n) is 12.9. The minimum Gasteiger partial charge on any atom is -0.368 e. The maximum Gasteiger partial charge on any atom is 0.435 e. The number of para-hydroxylation sites is 1. The van der Waals surface area contributed by atoms with E-state index < -0.39 is 23.9 Å². The summed E-state index contributed by atoms with van der Waals surface area (Å²) in [4.78, 5) is 12.2. The fourth-order valence-corrected chi connectivity index (χ4v) is 2.71. The Kier molecular flexibility index (Phi) is 4.31. The van der Waals surface area contributed by atoms with Crippen LogP contribution in [0.4, 0.5) is 18.9 Å². The minimum atomic E-state index is -4.67. The molecule has 0 radical (unpaired) electrons. The summed E-state index contributed by atoms with van der Waals surface area (Å²) < 4.78 is 46.5. The van der Waals surface area contributed by atoms with Crippen molar-refractivity contribution in [2.75, 3.05) is 11.9 Å². The topological polar surface area (TPSA) is 56.1 Å². The number of hydrogen-bond donors (Lipinski definition) is 1. The molecule has 3 rings (SSSR count). The molecule has 0 saturated carbocycles. The van der Waals surface area contributed by atoms with Gasteiger partial charge >= 0.3 is 6.18 Å². The van der Waals surface area contributed by atoms with Crippen LogP contribution in [0.15, 0.2) is 36.5 Å². The largest absolute Gasteiger partial charge is 0.435 e. The molecule has 0 spiro atoms. The van der Waals surface area contributed by atoms with E-state index in [0.29, 0.717) is 13.0 Å². The van der Waals surface area contributed by atoms with Crippen molar-refractivity contribution in [1.29, 1.82) is 0 Å². The number of carbonyl (C=O) groups excluding carboxylic acids is 1. The fourth-order valence-electron chi connectivity index (χ4n) is 2.71. The highest BCUT2D eigenvalue weighted by Gasteiger charge is 2.40. The van der Waals surface area contributed by atoms with Crippen molar-refractivity contribution in [2.24, 2.45) is 5.92 Å². The number of amides is 1. The standard InChI is InChI=1S/C16H16F3N3O2/c1-10-7-8-24-13(10)15(23)21-12-9-20-22(14(12)16(17,18)19)11-5-3-2-4-6-11/h2-6,9-10,13H,7-8H2,1H3,(H,21,23)/t10-,13-/m1/s1. The maximum atomic E-state index is 13.5. The summed E-state index contributed by atoms with van der Waals surface area (Å²) in [5, 5.41) is 6.10. The van der Waals surface area contributed by atoms with Gasteiger partial charge in [-0.2, -0.15) is 18.3 Å². The van der Waals surface area contributed by atoms with Crippen LogP contribution >= 0.6 is 0 Å². The van der Waals surface area contributed by atoms with Crippen molar-refractivity contribution >= 4 is 11.6 Å². The molecule has 0 bridgehead atoms. The maximum absolute atomic E-state index is 13.5. The van der Waals surface area contributed by atoms with Gasteiger partial charge in [-0.3, -0.25) is 4.79 Å². The first-order valence-corrected chi connectivity index (χ1v) is 7.51. The van der Waals surface area contributed by atoms with Gasteiger partial charge in [0.15, 0.2) is 5.69 Å². The molecule has 2 aromatic rings. The first-order chi connectivity index (χ1) is 11.4. The van der Waals surface area contributed by atoms with E-state index in [1.165, 1.54) is 12.1 Å². The SMILES string of the molecule is C[C@@H]1CCO[C@H]1C(=O)Nc1cnn(-c2ccccc2)c1C(F)(F)F. The highest BCUT2D eigenvalue weighted by molar-refractivity contribution is 5.95. The lowest BCUT2D eigenvalue weighted by Gasteiger charge is -2.16. The van der Waals surface area contributed by atoms with Gasteiger partial charge in [0.25, 0.3) is 5.91 Å². The molecule has 128 valence electrons. The quantitative estimate of drug-likeness (QED) is 0.934. The van der Waals surface area contributed by atoms with Crippen molar-refractivity contribution < 1.29 is 22.7 Å². The molecular weight excluding hydrogens is 323 g/mol. The van der Waals surface area contributed by atoms with Gasteiger partial charge in [-0.25, -0.2) is 4.68 Å². The Morgan fingerprint density at radius 3 is 2.62 bits per heavy atom. The van der Waals surface area contributed by atoms with Crippen LogP contribution in [0.1, 0.15) is 19.0 Å². The van der Waals surface area contributed by atoms with E-state index in [0.717, 1.165) is 10.9 Å². The summed E-state index contributed by atoms with van der Waals surface area (Å²) in [5.41, 5.74) is -1.14. The van der Waals surface area contributed by atoms with E-state index in [2.05, 4.69) is 10.4 Å². The van der Waals surface area contributed by atoms with Crippen LogP contribution in [0.5, 0.6) is 0 Å². The third-order valence-electron chi connectivity index (χ3n) is 3.94. The summed E-state index contributed by atoms with van der Waals surface area (Å²) in [5.74, 6) is -0.624. The predicted octanol–water partition coefficient (Wildman–Crippen LogP) is 3.25. The fraction of sp³-hybridized carbons (Fsp3) is 0.375. The van der Waals surface area contributed by atoms with Gasteiger partial charge in [0.05, 0.1) is 17.6 Å². The molecule has 2 heterocycles. The van der Waals surface area contributed by atoms with E-state index in [-0.39, 0.29) is 17.3 Å². The second-order valence-electron chi connectivity index (χ2n) is 5.70. The number of aromatic nitrogens is 2. The summed E-state index contributed by atoms with van der Waals surface area (Å²) in [7, 11) is 0. The summed E-state index contributed by atoms with van der Waals surface area (Å²) in [6.45, 7) is 2.25. The molecule has 1 amide bonds. The molecule has 1 fully saturated rings. The Hall–Kier alpha value is -2.35. The molecule has 0 unspecified atom stereocenters. The Morgan fingerprint density at radius 1 is 1.33 bits per heavy atom. The number of carbonyl (C=O) groups is 1. The van der Waals surface area contributed by atoms with Gasteiger partial charge in [-0.15, -0.1) is 0 Å². The smallest absolute Gasteiger partial charge is 0.368 e. The average molecular weight is 339 g/mol. The molecule has 5 nitrogen and oxygen atoms in total. The van der Waals surface area contributed by atoms with Gasteiger partial charge in [-0.1, -0.05) is 25.1 Å². The van der Waals surface area contributed by atoms with E-state index >= 15 is 0 Å². The van der Waals surface area contributed by atoms with Crippen LogP contribution in [-0.4, -0.2) is 28.4 Å². The molecule has 1 N–H and O–H groups in total. The Bertz CT molecular complexity index is 728. The normalized spacial score (nSPS) is 21.0. The number of alkyl halides is 3. The molecule has 8 heteroatoms. The first kappa shape index (κ1) is 16.5. The number of ether oxygens (including phenoxy) is 1. The number of nitrogens with one attached hydrogen (secondary N) is 1. The molecule has 2 atom stereocenters. The molecule has 1 aliphatic rings. The lowest BCUT2D eigenvalue weighted by Crippen LogP contribution is -2.32. The first-order valence-electron chi connectivity index (χ1n) is 7.51. The molecule has 24 heavy (non-hydrogen) atoms. The van der Waals surface area contributed by atoms with Crippen LogP contribution in [0.2, 0.25) is 0 Å². The van der Waals surface area contributed by atoms with Crippen LogP contribution in [0, 0.1) is 5.92 Å². The zero-order valence-corrected chi connectivity index (χ0v) is 12.9. The van der Waals surface area contributed by atoms with Crippen molar-refractivity contribution in [2.45, 2.75) is 25.6 Å². The van der Waals surface area contributed by atoms with Crippen molar-refractivity contribution in [3.63, 3.8) is 0 Å². The Labute approximate surface area is 136 Å². The zero-order chi connectivity index (χ0) is 17.3. The van der Waals surface area contributed by atoms with Gasteiger partial charge in [-0.05, 0) is 24.5 Å². The van der Waals surface area contributed by atoms with Crippen LogP contribution in [0.3, 0.4) is 0 Å². The minimum absolute atomic E-state index is 0.0384. The van der Waals surface area contributed by atoms with Gasteiger partial charge in [0.1, 0.15) is 6.10 Å². The predicted molar refractivity (Wildman–Crippen MR) is 80.7 cm³/mol. The molecule has 1 aliphatic heterocycles. The van der Waals surface area contributed by atoms with Crippen LogP contribution in [0.25, 0.3) is 5.69 Å². The third-order valence-corrected chi connectivity index (χ3v) is 3.94. The third kappa shape index (κ3) is 3.14. The lowest BCUT2D eigenvalue weighted by molar-refractivity contribution is -0.142. The van der Waals surface area contributed by atoms with Crippen molar-refractivity contribution in [3.05, 3.63) is 42.2 Å². The number of rotatable bonds is 3. The van der Waals surface area contributed by atoms with Gasteiger partial charge in [0, 0.05) is 6.61 Å². The number of halogens is 3. The van der Waals surface area contributed by atoms with Crippen molar-refractivity contribution in [1.82, 2.24) is 9.78 Å². The molecule has 1 aromatic heterocycles. The summed E-state index contributed by atoms with van der Waals surface area (Å²) in [6.07, 6.45) is -3.70. The number of hydrogen-bond acceptors (Lipinski definition) is 3. The molecule has 1 aromatic carbocycles. The van der Waals surface area contributed by atoms with E-state index in [9.17, 15) is 18.0 Å². The number of nitrogens with zero attached hydrogens (tertiary/aromatic N) is 2. The Morgan fingerprint density at radius 2 is 2.04 bits per heavy atom. The second kappa shape index (κ2) is 6.27. The monoisotopic (exact) mass is 339 g/mol. The second-order valence-corrected chi connectivity index (χ2v) is 5.70.